The van der Waals surface area contributed by atoms with Crippen LogP contribution in [0.2, 0.25) is 0 Å². The number of piperidine rings is 1. The fourth-order valence-corrected chi connectivity index (χ4v) is 2.77. The highest BCUT2D eigenvalue weighted by Gasteiger charge is 2.24. The van der Waals surface area contributed by atoms with Crippen LogP contribution in [-0.4, -0.2) is 43.6 Å². The molecule has 1 unspecified atom stereocenters. The molecule has 21 heavy (non-hydrogen) atoms. The maximum atomic E-state index is 12.5. The molecular weight excluding hydrogens is 264 g/mol. The second-order valence-electron chi connectivity index (χ2n) is 6.16. The molecule has 1 amide bonds. The van der Waals surface area contributed by atoms with Crippen LogP contribution >= 0.6 is 0 Å². The van der Waals surface area contributed by atoms with Gasteiger partial charge < -0.3 is 15.0 Å². The number of carbonyl (C=O) groups excluding carboxylic acids is 1. The number of ether oxygens (including phenoxy) is 1. The Kier molecular flexibility index (Phi) is 4.44. The molecule has 2 aliphatic rings. The van der Waals surface area contributed by atoms with Crippen molar-refractivity contribution in [3.8, 4) is 5.75 Å². The number of hydrogen-bond donors (Lipinski definition) is 1. The number of nitrogens with one attached hydrogen (secondary N) is 1. The largest absolute Gasteiger partial charge is 0.493 e. The minimum atomic E-state index is 0.128. The van der Waals surface area contributed by atoms with Gasteiger partial charge >= 0.3 is 0 Å². The summed E-state index contributed by atoms with van der Waals surface area (Å²) < 4.78 is 5.71. The van der Waals surface area contributed by atoms with E-state index in [0.717, 1.165) is 49.8 Å². The molecule has 0 aromatic heterocycles. The van der Waals surface area contributed by atoms with Crippen LogP contribution < -0.4 is 10.1 Å². The average Bonchev–Trinajstić information content (AvgIpc) is 3.37. The molecule has 1 atom stereocenters. The smallest absolute Gasteiger partial charge is 0.253 e. The molecule has 4 nitrogen and oxygen atoms in total. The van der Waals surface area contributed by atoms with Crippen LogP contribution in [-0.2, 0) is 0 Å². The van der Waals surface area contributed by atoms with Gasteiger partial charge in [0.2, 0.25) is 0 Å². The zero-order chi connectivity index (χ0) is 14.7. The number of amides is 1. The molecule has 114 valence electrons. The van der Waals surface area contributed by atoms with E-state index in [1.165, 1.54) is 12.8 Å². The summed E-state index contributed by atoms with van der Waals surface area (Å²) >= 11 is 0. The number of benzene rings is 1. The summed E-state index contributed by atoms with van der Waals surface area (Å²) in [6, 6.07) is 8.01. The Balaban J connectivity index is 1.58. The summed E-state index contributed by atoms with van der Waals surface area (Å²) in [6.07, 6.45) is 4.80. The predicted octanol–water partition coefficient (Wildman–Crippen LogP) is 2.30. The van der Waals surface area contributed by atoms with Crippen molar-refractivity contribution >= 4 is 5.91 Å². The molecule has 1 saturated carbocycles. The van der Waals surface area contributed by atoms with Gasteiger partial charge in [-0.15, -0.1) is 0 Å². The zero-order valence-corrected chi connectivity index (χ0v) is 12.7. The number of likely N-dealkylation sites (N-methyl/N-ethyl adjacent to an activating group) is 1. The van der Waals surface area contributed by atoms with Gasteiger partial charge in [0.05, 0.1) is 6.61 Å². The fraction of sp³-hybridized carbons (Fsp3) is 0.588. The lowest BCUT2D eigenvalue weighted by molar-refractivity contribution is 0.0698. The summed E-state index contributed by atoms with van der Waals surface area (Å²) in [7, 11) is 1.96. The normalized spacial score (nSPS) is 22.1. The van der Waals surface area contributed by atoms with Crippen molar-refractivity contribution in [3.05, 3.63) is 29.8 Å². The van der Waals surface area contributed by atoms with Crippen molar-refractivity contribution in [2.45, 2.75) is 31.7 Å². The lowest BCUT2D eigenvalue weighted by Crippen LogP contribution is -2.46. The monoisotopic (exact) mass is 288 g/mol. The summed E-state index contributed by atoms with van der Waals surface area (Å²) in [5.41, 5.74) is 0.755. The maximum Gasteiger partial charge on any atom is 0.253 e. The van der Waals surface area contributed by atoms with Crippen LogP contribution in [0.25, 0.3) is 0 Å². The maximum absolute atomic E-state index is 12.5. The predicted molar refractivity (Wildman–Crippen MR) is 82.6 cm³/mol. The van der Waals surface area contributed by atoms with Crippen molar-refractivity contribution in [1.29, 1.82) is 0 Å². The van der Waals surface area contributed by atoms with Gasteiger partial charge in [-0.1, -0.05) is 0 Å². The third kappa shape index (κ3) is 3.76. The molecule has 1 aliphatic heterocycles. The van der Waals surface area contributed by atoms with E-state index in [2.05, 4.69) is 5.32 Å². The van der Waals surface area contributed by atoms with E-state index >= 15 is 0 Å². The van der Waals surface area contributed by atoms with E-state index in [-0.39, 0.29) is 5.91 Å². The van der Waals surface area contributed by atoms with Crippen molar-refractivity contribution in [2.24, 2.45) is 5.92 Å². The molecule has 1 heterocycles. The highest BCUT2D eigenvalue weighted by molar-refractivity contribution is 5.94. The lowest BCUT2D eigenvalue weighted by Gasteiger charge is -2.32. The van der Waals surface area contributed by atoms with E-state index in [1.807, 2.05) is 36.2 Å². The van der Waals surface area contributed by atoms with E-state index in [9.17, 15) is 4.79 Å². The Bertz CT molecular complexity index is 482. The van der Waals surface area contributed by atoms with Gasteiger partial charge in [-0.2, -0.15) is 0 Å². The first-order chi connectivity index (χ1) is 10.3. The Labute approximate surface area is 126 Å². The average molecular weight is 288 g/mol. The van der Waals surface area contributed by atoms with Crippen molar-refractivity contribution in [3.63, 3.8) is 0 Å². The molecule has 1 aromatic rings. The molecule has 0 bridgehead atoms. The minimum absolute atomic E-state index is 0.128. The minimum Gasteiger partial charge on any atom is -0.493 e. The molecule has 3 rings (SSSR count). The second kappa shape index (κ2) is 6.48. The van der Waals surface area contributed by atoms with Crippen LogP contribution in [0.15, 0.2) is 24.3 Å². The van der Waals surface area contributed by atoms with Crippen molar-refractivity contribution < 1.29 is 9.53 Å². The number of hydrogen-bond acceptors (Lipinski definition) is 3. The summed E-state index contributed by atoms with van der Waals surface area (Å²) in [5, 5.41) is 3.27. The van der Waals surface area contributed by atoms with Gasteiger partial charge in [0, 0.05) is 24.7 Å². The number of likely N-dealkylation sites (tertiary alicyclic amines) is 1. The second-order valence-corrected chi connectivity index (χ2v) is 6.16. The standard InChI is InChI=1S/C17H24N2O2/c1-18-15-3-2-10-19(11-15)17(20)14-6-8-16(9-7-14)21-12-13-4-5-13/h6-9,13,15,18H,2-5,10-12H2,1H3. The van der Waals surface area contributed by atoms with E-state index < -0.39 is 0 Å². The van der Waals surface area contributed by atoms with Crippen LogP contribution in [0.5, 0.6) is 5.75 Å². The Hall–Kier alpha value is -1.55. The summed E-state index contributed by atoms with van der Waals surface area (Å²) in [6.45, 7) is 2.47. The van der Waals surface area contributed by atoms with Crippen LogP contribution in [0.3, 0.4) is 0 Å². The molecular formula is C17H24N2O2. The van der Waals surface area contributed by atoms with Gasteiger partial charge in [0.15, 0.2) is 0 Å². The van der Waals surface area contributed by atoms with Crippen molar-refractivity contribution in [2.75, 3.05) is 26.7 Å². The van der Waals surface area contributed by atoms with E-state index in [4.69, 9.17) is 4.74 Å². The lowest BCUT2D eigenvalue weighted by atomic mass is 10.0. The molecule has 1 aliphatic carbocycles. The highest BCUT2D eigenvalue weighted by atomic mass is 16.5. The van der Waals surface area contributed by atoms with Gasteiger partial charge in [0.25, 0.3) is 5.91 Å². The molecule has 0 spiro atoms. The Morgan fingerprint density at radius 3 is 2.71 bits per heavy atom. The van der Waals surface area contributed by atoms with Gasteiger partial charge in [-0.3, -0.25) is 4.79 Å². The topological polar surface area (TPSA) is 41.6 Å². The Morgan fingerprint density at radius 2 is 2.05 bits per heavy atom. The Morgan fingerprint density at radius 1 is 1.29 bits per heavy atom. The van der Waals surface area contributed by atoms with E-state index in [1.54, 1.807) is 0 Å². The van der Waals surface area contributed by atoms with Gasteiger partial charge in [-0.05, 0) is 62.9 Å². The number of nitrogens with zero attached hydrogens (tertiary/aromatic N) is 1. The molecule has 1 aromatic carbocycles. The van der Waals surface area contributed by atoms with E-state index in [0.29, 0.717) is 6.04 Å². The quantitative estimate of drug-likeness (QED) is 0.904. The SMILES string of the molecule is CNC1CCCN(C(=O)c2ccc(OCC3CC3)cc2)C1. The number of rotatable bonds is 5. The summed E-state index contributed by atoms with van der Waals surface area (Å²) in [5.74, 6) is 1.74. The first kappa shape index (κ1) is 14.4. The van der Waals surface area contributed by atoms with Gasteiger partial charge in [0.1, 0.15) is 5.75 Å². The van der Waals surface area contributed by atoms with Gasteiger partial charge in [-0.25, -0.2) is 0 Å². The molecule has 1 saturated heterocycles. The summed E-state index contributed by atoms with van der Waals surface area (Å²) in [4.78, 5) is 14.5. The zero-order valence-electron chi connectivity index (χ0n) is 12.7. The third-order valence-electron chi connectivity index (χ3n) is 4.40. The first-order valence-electron chi connectivity index (χ1n) is 7.95. The fourth-order valence-electron chi connectivity index (χ4n) is 2.77. The van der Waals surface area contributed by atoms with Crippen molar-refractivity contribution in [1.82, 2.24) is 10.2 Å². The molecule has 4 heteroatoms. The third-order valence-corrected chi connectivity index (χ3v) is 4.40. The highest BCUT2D eigenvalue weighted by Crippen LogP contribution is 2.29. The van der Waals surface area contributed by atoms with Crippen LogP contribution in [0.1, 0.15) is 36.0 Å². The molecule has 2 fully saturated rings. The van der Waals surface area contributed by atoms with Crippen LogP contribution in [0.4, 0.5) is 0 Å². The number of carbonyl (C=O) groups is 1. The van der Waals surface area contributed by atoms with Crippen LogP contribution in [0, 0.1) is 5.92 Å². The first-order valence-corrected chi connectivity index (χ1v) is 7.95. The molecule has 0 radical (unpaired) electrons. The molecule has 1 N–H and O–H groups in total.